The lowest BCUT2D eigenvalue weighted by Gasteiger charge is -2.35. The fourth-order valence-electron chi connectivity index (χ4n) is 3.07. The van der Waals surface area contributed by atoms with Crippen molar-refractivity contribution < 1.29 is 0 Å². The van der Waals surface area contributed by atoms with E-state index in [4.69, 9.17) is 0 Å². The number of fused-ring (bicyclic) bond motifs is 7. The molecule has 3 saturated heterocycles. The summed E-state index contributed by atoms with van der Waals surface area (Å²) >= 11 is 0. The molecular formula is C16H29NS8. The second kappa shape index (κ2) is 11.2. The van der Waals surface area contributed by atoms with Crippen LogP contribution in [0.5, 0.6) is 0 Å². The number of hydrogen-bond acceptors (Lipinski definition) is 9. The molecule has 0 aromatic rings. The quantitative estimate of drug-likeness (QED) is 0.347. The Kier molecular flexibility index (Phi) is 10.1. The summed E-state index contributed by atoms with van der Waals surface area (Å²) in [5, 5.41) is 9.72. The fourth-order valence-corrected chi connectivity index (χ4v) is 17.1. The Morgan fingerprint density at radius 1 is 0.640 bits per heavy atom. The minimum atomic E-state index is 0.600. The molecule has 3 heterocycles. The Labute approximate surface area is 185 Å². The monoisotopic (exact) mass is 491 g/mol. The molecule has 0 radical (unpaired) electrons. The molecular weight excluding hydrogens is 463 g/mol. The predicted molar refractivity (Wildman–Crippen MR) is 136 cm³/mol. The van der Waals surface area contributed by atoms with Crippen molar-refractivity contribution in [1.82, 2.24) is 5.32 Å². The van der Waals surface area contributed by atoms with Gasteiger partial charge in [0.25, 0.3) is 0 Å². The third-order valence-corrected chi connectivity index (χ3v) is 18.4. The first-order valence-electron chi connectivity index (χ1n) is 9.03. The minimum absolute atomic E-state index is 0.600. The number of rotatable bonds is 0. The average molecular weight is 492 g/mol. The lowest BCUT2D eigenvalue weighted by Crippen LogP contribution is -2.37. The van der Waals surface area contributed by atoms with Crippen molar-refractivity contribution in [1.29, 1.82) is 0 Å². The van der Waals surface area contributed by atoms with Gasteiger partial charge in [-0.25, -0.2) is 0 Å². The van der Waals surface area contributed by atoms with Crippen LogP contribution in [0.3, 0.4) is 0 Å². The van der Waals surface area contributed by atoms with Crippen molar-refractivity contribution in [3.8, 4) is 0 Å². The van der Waals surface area contributed by atoms with Gasteiger partial charge in [0.15, 0.2) is 0 Å². The van der Waals surface area contributed by atoms with Gasteiger partial charge in [0.05, 0.1) is 5.37 Å². The standard InChI is InChI=1S/C16H29NS8/c1-9-5-13-8-17-15-7-11(3)19-18-10(2)6-14(23-24-15)16(25-22-13)12(4)21-20-9/h9-17H,5-8H2,1-4H3. The summed E-state index contributed by atoms with van der Waals surface area (Å²) in [5.41, 5.74) is 0. The first-order chi connectivity index (χ1) is 12.0. The van der Waals surface area contributed by atoms with Crippen LogP contribution in [-0.2, 0) is 0 Å². The molecule has 0 saturated carbocycles. The molecule has 0 amide bonds. The zero-order chi connectivity index (χ0) is 17.8. The zero-order valence-electron chi connectivity index (χ0n) is 15.2. The summed E-state index contributed by atoms with van der Waals surface area (Å²) in [7, 11) is 17.3. The molecule has 3 aliphatic rings. The number of hydrogen-bond donors (Lipinski definition) is 1. The smallest absolute Gasteiger partial charge is 0.0648 e. The van der Waals surface area contributed by atoms with E-state index >= 15 is 0 Å². The summed E-state index contributed by atoms with van der Waals surface area (Å²) in [6.45, 7) is 10.9. The summed E-state index contributed by atoms with van der Waals surface area (Å²) < 4.78 is 0. The van der Waals surface area contributed by atoms with Crippen molar-refractivity contribution in [3.63, 3.8) is 0 Å². The second-order valence-corrected chi connectivity index (χ2v) is 18.8. The molecule has 0 aromatic heterocycles. The van der Waals surface area contributed by atoms with Crippen molar-refractivity contribution >= 4 is 86.4 Å². The molecule has 3 aliphatic heterocycles. The van der Waals surface area contributed by atoms with E-state index in [0.29, 0.717) is 5.37 Å². The fraction of sp³-hybridized carbons (Fsp3) is 1.00. The molecule has 146 valence electrons. The van der Waals surface area contributed by atoms with Gasteiger partial charge < -0.3 is 5.32 Å². The van der Waals surface area contributed by atoms with Crippen LogP contribution in [0.15, 0.2) is 0 Å². The summed E-state index contributed by atoms with van der Waals surface area (Å²) in [6.07, 6.45) is 3.94. The summed E-state index contributed by atoms with van der Waals surface area (Å²) in [4.78, 5) is 0. The molecule has 0 spiro atoms. The summed E-state index contributed by atoms with van der Waals surface area (Å²) in [5.74, 6) is 0. The van der Waals surface area contributed by atoms with Crippen LogP contribution in [0, 0.1) is 0 Å². The van der Waals surface area contributed by atoms with Crippen LogP contribution in [0.1, 0.15) is 47.0 Å². The highest BCUT2D eigenvalue weighted by Gasteiger charge is 2.36. The van der Waals surface area contributed by atoms with Crippen LogP contribution in [0.4, 0.5) is 0 Å². The van der Waals surface area contributed by atoms with E-state index in [2.05, 4.69) is 119 Å². The maximum Gasteiger partial charge on any atom is 0.0648 e. The van der Waals surface area contributed by atoms with Crippen LogP contribution in [-0.4, -0.2) is 48.7 Å². The lowest BCUT2D eigenvalue weighted by atomic mass is 10.1. The lowest BCUT2D eigenvalue weighted by molar-refractivity contribution is 0.585. The predicted octanol–water partition coefficient (Wildman–Crippen LogP) is 7.30. The molecule has 1 nitrogen and oxygen atoms in total. The molecule has 25 heavy (non-hydrogen) atoms. The Morgan fingerprint density at radius 2 is 1.32 bits per heavy atom. The Hall–Kier alpha value is 2.76. The maximum atomic E-state index is 3.93. The van der Waals surface area contributed by atoms with Crippen molar-refractivity contribution in [2.24, 2.45) is 0 Å². The van der Waals surface area contributed by atoms with Gasteiger partial charge in [-0.05, 0) is 19.3 Å². The molecule has 3 fully saturated rings. The molecule has 0 aromatic carbocycles. The van der Waals surface area contributed by atoms with E-state index < -0.39 is 0 Å². The van der Waals surface area contributed by atoms with Crippen LogP contribution < -0.4 is 5.32 Å². The topological polar surface area (TPSA) is 12.0 Å². The SMILES string of the molecule is CC1CC2NCC3CC(C)SSC(C)C(SS3)C(CC(C)SS1)SS2. The van der Waals surface area contributed by atoms with Gasteiger partial charge in [0.1, 0.15) is 0 Å². The summed E-state index contributed by atoms with van der Waals surface area (Å²) in [6, 6.07) is 0. The zero-order valence-corrected chi connectivity index (χ0v) is 21.7. The van der Waals surface area contributed by atoms with E-state index in [1.807, 2.05) is 0 Å². The van der Waals surface area contributed by atoms with Crippen LogP contribution in [0.2, 0.25) is 0 Å². The van der Waals surface area contributed by atoms with Crippen LogP contribution in [0.25, 0.3) is 0 Å². The normalized spacial score (nSPS) is 47.5. The van der Waals surface area contributed by atoms with Gasteiger partial charge in [-0.3, -0.25) is 0 Å². The molecule has 3 rings (SSSR count). The van der Waals surface area contributed by atoms with E-state index in [0.717, 1.165) is 43.3 Å². The van der Waals surface area contributed by atoms with E-state index in [9.17, 15) is 0 Å². The minimum Gasteiger partial charge on any atom is -0.303 e. The average Bonchev–Trinajstić information content (AvgIpc) is 2.65. The van der Waals surface area contributed by atoms with Crippen molar-refractivity contribution in [3.05, 3.63) is 0 Å². The third kappa shape index (κ3) is 7.19. The molecule has 0 aliphatic carbocycles. The van der Waals surface area contributed by atoms with Gasteiger partial charge in [-0.15, -0.1) is 0 Å². The Balaban J connectivity index is 1.83. The molecule has 9 heteroatoms. The maximum absolute atomic E-state index is 3.93. The molecule has 8 unspecified atom stereocenters. The van der Waals surface area contributed by atoms with Gasteiger partial charge in [0, 0.05) is 43.3 Å². The molecule has 1 N–H and O–H groups in total. The first kappa shape index (κ1) is 22.4. The van der Waals surface area contributed by atoms with Crippen LogP contribution >= 0.6 is 86.4 Å². The van der Waals surface area contributed by atoms with E-state index in [1.54, 1.807) is 0 Å². The Morgan fingerprint density at radius 3 is 2.12 bits per heavy atom. The Bertz CT molecular complexity index is 414. The van der Waals surface area contributed by atoms with Gasteiger partial charge in [0.2, 0.25) is 0 Å². The third-order valence-electron chi connectivity index (χ3n) is 4.46. The van der Waals surface area contributed by atoms with E-state index in [-0.39, 0.29) is 0 Å². The van der Waals surface area contributed by atoms with E-state index in [1.165, 1.54) is 19.3 Å². The van der Waals surface area contributed by atoms with Crippen molar-refractivity contribution in [2.75, 3.05) is 6.54 Å². The van der Waals surface area contributed by atoms with Gasteiger partial charge in [-0.1, -0.05) is 114 Å². The van der Waals surface area contributed by atoms with Gasteiger partial charge >= 0.3 is 0 Å². The molecule has 4 bridgehead atoms. The van der Waals surface area contributed by atoms with Crippen molar-refractivity contribution in [2.45, 2.75) is 89.1 Å². The number of nitrogens with one attached hydrogen (secondary N) is 1. The first-order valence-corrected chi connectivity index (χ1v) is 18.1. The highest BCUT2D eigenvalue weighted by molar-refractivity contribution is 8.80. The van der Waals surface area contributed by atoms with Gasteiger partial charge in [-0.2, -0.15) is 0 Å². The molecule has 8 atom stereocenters. The second-order valence-electron chi connectivity index (χ2n) is 7.14. The highest BCUT2D eigenvalue weighted by Crippen LogP contribution is 2.53. The largest absolute Gasteiger partial charge is 0.303 e. The highest BCUT2D eigenvalue weighted by atomic mass is 33.1.